The molecule has 0 fully saturated rings. The summed E-state index contributed by atoms with van der Waals surface area (Å²) in [7, 11) is 0. The number of rotatable bonds is 5. The number of benzene rings is 2. The van der Waals surface area contributed by atoms with E-state index in [0.717, 1.165) is 20.1 Å². The lowest BCUT2D eigenvalue weighted by Gasteiger charge is -2.31. The predicted molar refractivity (Wildman–Crippen MR) is 92.8 cm³/mol. The van der Waals surface area contributed by atoms with Gasteiger partial charge in [-0.1, -0.05) is 61.7 Å². The van der Waals surface area contributed by atoms with Gasteiger partial charge in [0.1, 0.15) is 0 Å². The van der Waals surface area contributed by atoms with E-state index in [0.29, 0.717) is 11.4 Å². The van der Waals surface area contributed by atoms with E-state index in [9.17, 15) is 10.2 Å². The molecule has 0 aliphatic carbocycles. The van der Waals surface area contributed by atoms with Crippen molar-refractivity contribution in [3.05, 3.63) is 67.6 Å². The molecular formula is C16H15Br2ClO2. The van der Waals surface area contributed by atoms with Gasteiger partial charge >= 0.3 is 0 Å². The molecule has 2 nitrogen and oxygen atoms in total. The van der Waals surface area contributed by atoms with Crippen molar-refractivity contribution in [2.75, 3.05) is 13.2 Å². The summed E-state index contributed by atoms with van der Waals surface area (Å²) in [6.07, 6.45) is 0.461. The van der Waals surface area contributed by atoms with Crippen molar-refractivity contribution < 1.29 is 10.2 Å². The Hall–Kier alpha value is -0.390. The van der Waals surface area contributed by atoms with Crippen LogP contribution in [0.2, 0.25) is 5.02 Å². The third-order valence-electron chi connectivity index (χ3n) is 3.59. The number of hydrogen-bond donors (Lipinski definition) is 2. The van der Waals surface area contributed by atoms with E-state index >= 15 is 0 Å². The Morgan fingerprint density at radius 1 is 0.952 bits per heavy atom. The summed E-state index contributed by atoms with van der Waals surface area (Å²) >= 11 is 13.1. The number of hydrogen-bond acceptors (Lipinski definition) is 2. The maximum atomic E-state index is 9.90. The molecule has 0 aromatic heterocycles. The number of aliphatic hydroxyl groups is 2. The monoisotopic (exact) mass is 432 g/mol. The van der Waals surface area contributed by atoms with Crippen LogP contribution < -0.4 is 0 Å². The lowest BCUT2D eigenvalue weighted by Crippen LogP contribution is -2.37. The maximum Gasteiger partial charge on any atom is 0.0553 e. The quantitative estimate of drug-likeness (QED) is 0.736. The Morgan fingerprint density at radius 2 is 1.62 bits per heavy atom. The van der Waals surface area contributed by atoms with Crippen LogP contribution >= 0.6 is 43.5 Å². The van der Waals surface area contributed by atoms with Crippen LogP contribution in [-0.4, -0.2) is 23.4 Å². The minimum absolute atomic E-state index is 0.160. The Labute approximate surface area is 146 Å². The molecule has 2 N–H and O–H groups in total. The van der Waals surface area contributed by atoms with Crippen LogP contribution in [0.3, 0.4) is 0 Å². The highest BCUT2D eigenvalue weighted by atomic mass is 79.9. The van der Waals surface area contributed by atoms with Crippen LogP contribution in [-0.2, 0) is 11.8 Å². The average Bonchev–Trinajstić information content (AvgIpc) is 2.47. The van der Waals surface area contributed by atoms with E-state index in [4.69, 9.17) is 11.6 Å². The third-order valence-corrected chi connectivity index (χ3v) is 4.92. The van der Waals surface area contributed by atoms with Gasteiger partial charge in [0.15, 0.2) is 0 Å². The third kappa shape index (κ3) is 3.88. The second kappa shape index (κ2) is 7.25. The van der Waals surface area contributed by atoms with Crippen molar-refractivity contribution in [3.63, 3.8) is 0 Å². The van der Waals surface area contributed by atoms with E-state index < -0.39 is 5.41 Å². The summed E-state index contributed by atoms with van der Waals surface area (Å²) in [6.45, 7) is -0.321. The second-order valence-electron chi connectivity index (χ2n) is 5.02. The fourth-order valence-electron chi connectivity index (χ4n) is 2.29. The van der Waals surface area contributed by atoms with Gasteiger partial charge in [0, 0.05) is 19.4 Å². The molecule has 5 heteroatoms. The van der Waals surface area contributed by atoms with Gasteiger partial charge in [-0.15, -0.1) is 0 Å². The number of halogens is 3. The molecule has 0 saturated carbocycles. The molecule has 2 rings (SSSR count). The Balaban J connectivity index is 2.43. The fourth-order valence-corrected chi connectivity index (χ4v) is 3.43. The minimum atomic E-state index is -0.763. The highest BCUT2D eigenvalue weighted by molar-refractivity contribution is 9.10. The maximum absolute atomic E-state index is 9.90. The molecule has 0 aliphatic heterocycles. The summed E-state index contributed by atoms with van der Waals surface area (Å²) in [5.41, 5.74) is 1.00. The topological polar surface area (TPSA) is 40.5 Å². The van der Waals surface area contributed by atoms with Crippen LogP contribution in [0.4, 0.5) is 0 Å². The van der Waals surface area contributed by atoms with Crippen LogP contribution in [0.1, 0.15) is 11.1 Å². The molecule has 0 heterocycles. The lowest BCUT2D eigenvalue weighted by molar-refractivity contribution is 0.116. The van der Waals surface area contributed by atoms with Crippen molar-refractivity contribution in [3.8, 4) is 0 Å². The smallest absolute Gasteiger partial charge is 0.0553 e. The zero-order chi connectivity index (χ0) is 15.5. The average molecular weight is 435 g/mol. The van der Waals surface area contributed by atoms with Gasteiger partial charge in [0.05, 0.1) is 13.2 Å². The van der Waals surface area contributed by atoms with Gasteiger partial charge < -0.3 is 10.2 Å². The van der Waals surface area contributed by atoms with Gasteiger partial charge in [-0.3, -0.25) is 0 Å². The van der Waals surface area contributed by atoms with Crippen molar-refractivity contribution in [1.82, 2.24) is 0 Å². The first-order valence-corrected chi connectivity index (χ1v) is 8.39. The van der Waals surface area contributed by atoms with Crippen molar-refractivity contribution in [2.24, 2.45) is 0 Å². The molecule has 0 radical (unpaired) electrons. The van der Waals surface area contributed by atoms with Crippen LogP contribution in [0.5, 0.6) is 0 Å². The summed E-state index contributed by atoms with van der Waals surface area (Å²) in [5, 5.41) is 20.4. The molecule has 0 saturated heterocycles. The molecule has 0 amide bonds. The fraction of sp³-hybridized carbons (Fsp3) is 0.250. The molecular weight excluding hydrogens is 419 g/mol. The zero-order valence-electron chi connectivity index (χ0n) is 11.2. The highest BCUT2D eigenvalue weighted by Crippen LogP contribution is 2.33. The van der Waals surface area contributed by atoms with E-state index in [1.807, 2.05) is 42.5 Å². The summed E-state index contributed by atoms with van der Waals surface area (Å²) < 4.78 is 1.81. The Morgan fingerprint density at radius 3 is 2.19 bits per heavy atom. The molecule has 0 aliphatic rings. The lowest BCUT2D eigenvalue weighted by atomic mass is 9.77. The van der Waals surface area contributed by atoms with E-state index in [2.05, 4.69) is 31.9 Å². The largest absolute Gasteiger partial charge is 0.395 e. The SMILES string of the molecule is OCC(CO)(Cc1ccc(Br)cc1Cl)c1cccc(Br)c1. The molecule has 2 aromatic rings. The van der Waals surface area contributed by atoms with E-state index in [-0.39, 0.29) is 13.2 Å². The highest BCUT2D eigenvalue weighted by Gasteiger charge is 2.32. The molecule has 0 unspecified atom stereocenters. The van der Waals surface area contributed by atoms with Gasteiger partial charge in [-0.25, -0.2) is 0 Å². The molecule has 0 bridgehead atoms. The second-order valence-corrected chi connectivity index (χ2v) is 7.26. The number of aliphatic hydroxyl groups excluding tert-OH is 2. The zero-order valence-corrected chi connectivity index (χ0v) is 15.1. The Kier molecular flexibility index (Phi) is 5.86. The Bertz CT molecular complexity index is 627. The summed E-state index contributed by atoms with van der Waals surface area (Å²) in [4.78, 5) is 0. The van der Waals surface area contributed by atoms with Gasteiger partial charge in [0.25, 0.3) is 0 Å². The molecule has 2 aromatic carbocycles. The standard InChI is InChI=1S/C16H15Br2ClO2/c17-13-3-1-2-12(6-13)16(9-20,10-21)8-11-4-5-14(18)7-15(11)19/h1-7,20-21H,8-10H2. The van der Waals surface area contributed by atoms with Gasteiger partial charge in [-0.2, -0.15) is 0 Å². The first-order valence-electron chi connectivity index (χ1n) is 6.42. The molecule has 0 spiro atoms. The van der Waals surface area contributed by atoms with E-state index in [1.165, 1.54) is 0 Å². The molecule has 0 atom stereocenters. The van der Waals surface area contributed by atoms with Gasteiger partial charge in [0.2, 0.25) is 0 Å². The molecule has 21 heavy (non-hydrogen) atoms. The van der Waals surface area contributed by atoms with Crippen LogP contribution in [0.15, 0.2) is 51.4 Å². The molecule has 112 valence electrons. The van der Waals surface area contributed by atoms with Crippen molar-refractivity contribution in [1.29, 1.82) is 0 Å². The first-order chi connectivity index (χ1) is 10.0. The van der Waals surface area contributed by atoms with E-state index in [1.54, 1.807) is 0 Å². The summed E-state index contributed by atoms with van der Waals surface area (Å²) in [5.74, 6) is 0. The minimum Gasteiger partial charge on any atom is -0.395 e. The van der Waals surface area contributed by atoms with Crippen LogP contribution in [0.25, 0.3) is 0 Å². The normalized spacial score (nSPS) is 11.7. The van der Waals surface area contributed by atoms with Crippen LogP contribution in [0, 0.1) is 0 Å². The predicted octanol–water partition coefficient (Wildman–Crippen LogP) is 4.33. The first kappa shape index (κ1) is 17.0. The van der Waals surface area contributed by atoms with Crippen molar-refractivity contribution in [2.45, 2.75) is 11.8 Å². The van der Waals surface area contributed by atoms with Crippen molar-refractivity contribution >= 4 is 43.5 Å². The summed E-state index contributed by atoms with van der Waals surface area (Å²) in [6, 6.07) is 13.3. The van der Waals surface area contributed by atoms with Gasteiger partial charge in [-0.05, 0) is 41.8 Å².